The van der Waals surface area contributed by atoms with Crippen LogP contribution >= 0.6 is 23.4 Å². The van der Waals surface area contributed by atoms with Crippen LogP contribution in [0.4, 0.5) is 0 Å². The Labute approximate surface area is 142 Å². The van der Waals surface area contributed by atoms with Crippen molar-refractivity contribution in [3.8, 4) is 11.3 Å². The normalized spacial score (nSPS) is 11.8. The third-order valence-corrected chi connectivity index (χ3v) is 4.88. The lowest BCUT2D eigenvalue weighted by molar-refractivity contribution is -0.138. The summed E-state index contributed by atoms with van der Waals surface area (Å²) in [6.45, 7) is 3.34. The maximum atomic E-state index is 11.2. The van der Waals surface area contributed by atoms with Crippen LogP contribution in [0.25, 0.3) is 22.2 Å². The molecule has 23 heavy (non-hydrogen) atoms. The lowest BCUT2D eigenvalue weighted by Crippen LogP contribution is -2.26. The Morgan fingerprint density at radius 2 is 1.91 bits per heavy atom. The van der Waals surface area contributed by atoms with E-state index < -0.39 is 10.7 Å². The molecule has 0 spiro atoms. The van der Waals surface area contributed by atoms with Crippen molar-refractivity contribution >= 4 is 40.3 Å². The molecule has 0 saturated carbocycles. The Morgan fingerprint density at radius 3 is 2.57 bits per heavy atom. The van der Waals surface area contributed by atoms with Crippen molar-refractivity contribution in [3.05, 3.63) is 47.5 Å². The first-order valence-corrected chi connectivity index (χ1v) is 8.14. The lowest BCUT2D eigenvalue weighted by atomic mass is 10.1. The summed E-state index contributed by atoms with van der Waals surface area (Å²) >= 11 is 7.18. The number of fused-ring (bicyclic) bond motifs is 1. The van der Waals surface area contributed by atoms with Gasteiger partial charge in [0.25, 0.3) is 0 Å². The van der Waals surface area contributed by atoms with Crippen LogP contribution in [0.3, 0.4) is 0 Å². The minimum atomic E-state index is -0.910. The fraction of sp³-hybridized carbons (Fsp3) is 0.176. The van der Waals surface area contributed by atoms with E-state index in [9.17, 15) is 9.90 Å². The van der Waals surface area contributed by atoms with Gasteiger partial charge in [-0.3, -0.25) is 4.79 Å². The van der Waals surface area contributed by atoms with Crippen molar-refractivity contribution in [1.82, 2.24) is 5.16 Å². The van der Waals surface area contributed by atoms with Gasteiger partial charge in [0.1, 0.15) is 10.4 Å². The highest BCUT2D eigenvalue weighted by Gasteiger charge is 2.28. The van der Waals surface area contributed by atoms with E-state index in [1.165, 1.54) is 11.8 Å². The first-order valence-electron chi connectivity index (χ1n) is 6.94. The van der Waals surface area contributed by atoms with Gasteiger partial charge in [0.2, 0.25) is 0 Å². The van der Waals surface area contributed by atoms with Gasteiger partial charge in [0.15, 0.2) is 5.58 Å². The molecule has 1 heterocycles. The second-order valence-electron chi connectivity index (χ2n) is 5.61. The van der Waals surface area contributed by atoms with Crippen molar-refractivity contribution in [1.29, 1.82) is 0 Å². The van der Waals surface area contributed by atoms with Gasteiger partial charge in [-0.15, -0.1) is 11.8 Å². The number of nitrogens with zero attached hydrogens (tertiary/aromatic N) is 1. The van der Waals surface area contributed by atoms with Gasteiger partial charge in [0, 0.05) is 20.9 Å². The zero-order valence-corrected chi connectivity index (χ0v) is 14.1. The molecule has 0 bridgehead atoms. The highest BCUT2D eigenvalue weighted by atomic mass is 35.5. The predicted molar refractivity (Wildman–Crippen MR) is 92.0 cm³/mol. The van der Waals surface area contributed by atoms with E-state index in [1.807, 2.05) is 30.3 Å². The average molecular weight is 348 g/mol. The van der Waals surface area contributed by atoms with Crippen LogP contribution in [0.15, 0.2) is 51.9 Å². The SMILES string of the molecule is CC(C)(Sc1ccc2c(-c3ccc(Cl)cc3)noc2c1)C(=O)O. The van der Waals surface area contributed by atoms with E-state index >= 15 is 0 Å². The molecular formula is C17H14ClNO3S. The zero-order chi connectivity index (χ0) is 16.6. The minimum Gasteiger partial charge on any atom is -0.480 e. The summed E-state index contributed by atoms with van der Waals surface area (Å²) in [6.07, 6.45) is 0. The molecule has 4 nitrogen and oxygen atoms in total. The van der Waals surface area contributed by atoms with Crippen molar-refractivity contribution in [2.75, 3.05) is 0 Å². The van der Waals surface area contributed by atoms with E-state index in [4.69, 9.17) is 16.1 Å². The summed E-state index contributed by atoms with van der Waals surface area (Å²) in [5, 5.41) is 14.9. The van der Waals surface area contributed by atoms with Gasteiger partial charge in [-0.2, -0.15) is 0 Å². The summed E-state index contributed by atoms with van der Waals surface area (Å²) in [7, 11) is 0. The second-order valence-corrected chi connectivity index (χ2v) is 7.75. The maximum Gasteiger partial charge on any atom is 0.319 e. The number of halogens is 1. The van der Waals surface area contributed by atoms with E-state index in [2.05, 4.69) is 5.16 Å². The van der Waals surface area contributed by atoms with Crippen molar-refractivity contribution in [2.45, 2.75) is 23.5 Å². The number of aliphatic carboxylic acids is 1. The van der Waals surface area contributed by atoms with Crippen molar-refractivity contribution in [3.63, 3.8) is 0 Å². The van der Waals surface area contributed by atoms with Gasteiger partial charge >= 0.3 is 5.97 Å². The number of hydrogen-bond acceptors (Lipinski definition) is 4. The minimum absolute atomic E-state index is 0.626. The Hall–Kier alpha value is -1.98. The summed E-state index contributed by atoms with van der Waals surface area (Å²) in [5.74, 6) is -0.859. The molecule has 0 radical (unpaired) electrons. The molecule has 0 aliphatic heterocycles. The molecule has 3 rings (SSSR count). The molecule has 0 saturated heterocycles. The molecule has 0 aliphatic carbocycles. The highest BCUT2D eigenvalue weighted by Crippen LogP contribution is 2.36. The third-order valence-electron chi connectivity index (χ3n) is 3.45. The molecule has 0 aliphatic rings. The first kappa shape index (κ1) is 15.9. The molecule has 1 N–H and O–H groups in total. The van der Waals surface area contributed by atoms with Crippen LogP contribution in [0.1, 0.15) is 13.8 Å². The van der Waals surface area contributed by atoms with Crippen LogP contribution in [0.5, 0.6) is 0 Å². The number of rotatable bonds is 4. The number of thioether (sulfide) groups is 1. The monoisotopic (exact) mass is 347 g/mol. The van der Waals surface area contributed by atoms with E-state index in [0.29, 0.717) is 10.6 Å². The van der Waals surface area contributed by atoms with Crippen molar-refractivity contribution < 1.29 is 14.4 Å². The molecule has 3 aromatic rings. The van der Waals surface area contributed by atoms with Crippen LogP contribution < -0.4 is 0 Å². The summed E-state index contributed by atoms with van der Waals surface area (Å²) < 4.78 is 4.50. The van der Waals surface area contributed by atoms with Crippen LogP contribution in [-0.4, -0.2) is 21.0 Å². The zero-order valence-electron chi connectivity index (χ0n) is 12.5. The fourth-order valence-electron chi connectivity index (χ4n) is 2.14. The quantitative estimate of drug-likeness (QED) is 0.665. The third kappa shape index (κ3) is 3.21. The molecule has 6 heteroatoms. The summed E-state index contributed by atoms with van der Waals surface area (Å²) in [4.78, 5) is 12.1. The van der Waals surface area contributed by atoms with Crippen LogP contribution in [0.2, 0.25) is 5.02 Å². The Morgan fingerprint density at radius 1 is 1.22 bits per heavy atom. The van der Waals surface area contributed by atoms with E-state index in [0.717, 1.165) is 21.5 Å². The Kier molecular flexibility index (Phi) is 4.08. The standard InChI is InChI=1S/C17H14ClNO3S/c1-17(2,16(20)21)23-12-7-8-13-14(9-12)22-19-15(13)10-3-5-11(18)6-4-10/h3-9H,1-2H3,(H,20,21). The highest BCUT2D eigenvalue weighted by molar-refractivity contribution is 8.01. The molecule has 2 aromatic carbocycles. The molecular weight excluding hydrogens is 334 g/mol. The molecule has 0 unspecified atom stereocenters. The van der Waals surface area contributed by atoms with E-state index in [1.54, 1.807) is 26.0 Å². The topological polar surface area (TPSA) is 63.3 Å². The van der Waals surface area contributed by atoms with Crippen molar-refractivity contribution in [2.24, 2.45) is 0 Å². The molecule has 118 valence electrons. The fourth-order valence-corrected chi connectivity index (χ4v) is 3.24. The van der Waals surface area contributed by atoms with E-state index in [-0.39, 0.29) is 0 Å². The first-order chi connectivity index (χ1) is 10.9. The molecule has 1 aromatic heterocycles. The Bertz CT molecular complexity index is 871. The van der Waals surface area contributed by atoms with Gasteiger partial charge < -0.3 is 9.63 Å². The number of hydrogen-bond donors (Lipinski definition) is 1. The second kappa shape index (κ2) is 5.91. The predicted octanol–water partition coefficient (Wildman–Crippen LogP) is 5.10. The smallest absolute Gasteiger partial charge is 0.319 e. The Balaban J connectivity index is 1.97. The van der Waals surface area contributed by atoms with Gasteiger partial charge in [0.05, 0.1) is 0 Å². The number of carboxylic acid groups (broad SMARTS) is 1. The largest absolute Gasteiger partial charge is 0.480 e. The lowest BCUT2D eigenvalue weighted by Gasteiger charge is -2.18. The number of benzene rings is 2. The van der Waals surface area contributed by atoms with Gasteiger partial charge in [-0.05, 0) is 44.2 Å². The number of aromatic nitrogens is 1. The molecule has 0 fully saturated rings. The summed E-state index contributed by atoms with van der Waals surface area (Å²) in [6, 6.07) is 13.0. The van der Waals surface area contributed by atoms with Gasteiger partial charge in [-0.1, -0.05) is 28.9 Å². The molecule has 0 atom stereocenters. The number of carboxylic acids is 1. The maximum absolute atomic E-state index is 11.2. The van der Waals surface area contributed by atoms with Crippen LogP contribution in [-0.2, 0) is 4.79 Å². The van der Waals surface area contributed by atoms with Crippen LogP contribution in [0, 0.1) is 0 Å². The molecule has 0 amide bonds. The summed E-state index contributed by atoms with van der Waals surface area (Å²) in [5.41, 5.74) is 2.28. The van der Waals surface area contributed by atoms with Gasteiger partial charge in [-0.25, -0.2) is 0 Å². The average Bonchev–Trinajstić information content (AvgIpc) is 2.90. The number of carbonyl (C=O) groups is 1.